The lowest BCUT2D eigenvalue weighted by molar-refractivity contribution is -0.128. The summed E-state index contributed by atoms with van der Waals surface area (Å²) >= 11 is 1.11. The van der Waals surface area contributed by atoms with Crippen LogP contribution in [0.25, 0.3) is 11.1 Å². The van der Waals surface area contributed by atoms with Crippen LogP contribution in [0.3, 0.4) is 0 Å². The van der Waals surface area contributed by atoms with Crippen LogP contribution < -0.4 is 20.3 Å². The van der Waals surface area contributed by atoms with Crippen molar-refractivity contribution in [2.75, 3.05) is 19.5 Å². The van der Waals surface area contributed by atoms with E-state index in [0.29, 0.717) is 39.7 Å². The van der Waals surface area contributed by atoms with Gasteiger partial charge in [-0.25, -0.2) is 4.98 Å². The van der Waals surface area contributed by atoms with Crippen LogP contribution in [-0.2, 0) is 9.59 Å². The molecule has 0 aliphatic carbocycles. The van der Waals surface area contributed by atoms with Gasteiger partial charge in [-0.15, -0.1) is 0 Å². The number of oxazole rings is 1. The highest BCUT2D eigenvalue weighted by Gasteiger charge is 2.11. The third-order valence-corrected chi connectivity index (χ3v) is 4.45. The van der Waals surface area contributed by atoms with Crippen molar-refractivity contribution in [3.8, 4) is 11.5 Å². The first-order valence-corrected chi connectivity index (χ1v) is 9.39. The van der Waals surface area contributed by atoms with E-state index in [1.54, 1.807) is 6.07 Å². The molecule has 3 rings (SSSR count). The number of benzene rings is 2. The van der Waals surface area contributed by atoms with Gasteiger partial charge in [0.1, 0.15) is 11.8 Å². The number of ether oxygens (including phenoxy) is 2. The van der Waals surface area contributed by atoms with Gasteiger partial charge >= 0.3 is 0 Å². The third kappa shape index (κ3) is 5.48. The fourth-order valence-corrected chi connectivity index (χ4v) is 2.91. The van der Waals surface area contributed by atoms with Gasteiger partial charge in [0.2, 0.25) is 5.91 Å². The number of methoxy groups -OCH3 is 1. The molecule has 1 aromatic heterocycles. The molecule has 2 N–H and O–H groups in total. The molecule has 2 aromatic carbocycles. The highest BCUT2D eigenvalue weighted by Crippen LogP contribution is 2.27. The van der Waals surface area contributed by atoms with Crippen LogP contribution in [-0.4, -0.2) is 42.6 Å². The van der Waals surface area contributed by atoms with Crippen molar-refractivity contribution in [1.29, 1.82) is 0 Å². The molecule has 0 fully saturated rings. The number of thioether (sulfide) groups is 1. The number of nitrogens with zero attached hydrogens (tertiary/aromatic N) is 1. The van der Waals surface area contributed by atoms with E-state index in [0.717, 1.165) is 11.8 Å². The number of para-hydroxylation sites is 2. The number of aldehydes is 1. The molecule has 0 aliphatic rings. The molecule has 0 saturated carbocycles. The Bertz CT molecular complexity index is 1000. The molecule has 0 saturated heterocycles. The van der Waals surface area contributed by atoms with E-state index in [1.807, 2.05) is 18.2 Å². The maximum absolute atomic E-state index is 11.9. The second-order valence-corrected chi connectivity index (χ2v) is 6.58. The first-order chi connectivity index (χ1) is 14.1. The van der Waals surface area contributed by atoms with Crippen molar-refractivity contribution in [3.63, 3.8) is 0 Å². The normalized spacial score (nSPS) is 10.4. The first kappa shape index (κ1) is 20.2. The number of carbonyl (C=O) groups is 3. The molecule has 1 heterocycles. The molecule has 0 spiro atoms. The maximum Gasteiger partial charge on any atom is 0.276 e. The number of hydrazine groups is 1. The lowest BCUT2D eigenvalue weighted by atomic mass is 10.2. The summed E-state index contributed by atoms with van der Waals surface area (Å²) in [6.45, 7) is -0.352. The van der Waals surface area contributed by atoms with Gasteiger partial charge < -0.3 is 13.9 Å². The number of nitrogens with one attached hydrogen (secondary N) is 2. The quantitative estimate of drug-likeness (QED) is 0.326. The van der Waals surface area contributed by atoms with Crippen molar-refractivity contribution in [1.82, 2.24) is 15.8 Å². The van der Waals surface area contributed by atoms with E-state index in [4.69, 9.17) is 13.9 Å². The van der Waals surface area contributed by atoms with Crippen LogP contribution in [0.5, 0.6) is 11.5 Å². The third-order valence-electron chi connectivity index (χ3n) is 3.62. The molecule has 0 bridgehead atoms. The molecule has 29 heavy (non-hydrogen) atoms. The minimum Gasteiger partial charge on any atom is -0.493 e. The van der Waals surface area contributed by atoms with Gasteiger partial charge in [-0.2, -0.15) is 0 Å². The Labute approximate surface area is 169 Å². The van der Waals surface area contributed by atoms with Crippen LogP contribution in [0.2, 0.25) is 0 Å². The van der Waals surface area contributed by atoms with Gasteiger partial charge in [-0.05, 0) is 30.3 Å². The van der Waals surface area contributed by atoms with Crippen molar-refractivity contribution >= 4 is 41.0 Å². The molecule has 3 aromatic rings. The van der Waals surface area contributed by atoms with Crippen molar-refractivity contribution in [2.45, 2.75) is 5.22 Å². The topological polar surface area (TPSA) is 120 Å². The number of rotatable bonds is 8. The number of hydrogen-bond donors (Lipinski definition) is 2. The van der Waals surface area contributed by atoms with E-state index in [2.05, 4.69) is 15.8 Å². The molecule has 0 atom stereocenters. The molecule has 0 unspecified atom stereocenters. The minimum atomic E-state index is -0.563. The van der Waals surface area contributed by atoms with E-state index in [1.165, 1.54) is 25.3 Å². The fourth-order valence-electron chi connectivity index (χ4n) is 2.27. The second-order valence-electron chi connectivity index (χ2n) is 5.65. The van der Waals surface area contributed by atoms with Gasteiger partial charge in [-0.3, -0.25) is 25.2 Å². The Morgan fingerprint density at radius 3 is 2.69 bits per heavy atom. The van der Waals surface area contributed by atoms with E-state index >= 15 is 0 Å². The predicted octanol–water partition coefficient (Wildman–Crippen LogP) is 1.97. The molecular formula is C19H17N3O6S. The summed E-state index contributed by atoms with van der Waals surface area (Å²) in [6, 6.07) is 11.8. The van der Waals surface area contributed by atoms with Gasteiger partial charge in [0.25, 0.3) is 11.1 Å². The number of fused-ring (bicyclic) bond motifs is 1. The van der Waals surface area contributed by atoms with Crippen LogP contribution in [0.15, 0.2) is 52.1 Å². The zero-order valence-corrected chi connectivity index (χ0v) is 16.2. The molecule has 10 heteroatoms. The average Bonchev–Trinajstić information content (AvgIpc) is 3.17. The SMILES string of the molecule is COc1cc(C=O)ccc1OCC(=O)NNC(=O)CSc1nc2ccccc2o1. The summed E-state index contributed by atoms with van der Waals surface area (Å²) in [5.74, 6) is -0.368. The van der Waals surface area contributed by atoms with Crippen LogP contribution in [0, 0.1) is 0 Å². The highest BCUT2D eigenvalue weighted by molar-refractivity contribution is 7.99. The van der Waals surface area contributed by atoms with E-state index < -0.39 is 11.8 Å². The Morgan fingerprint density at radius 1 is 1.14 bits per heavy atom. The molecule has 2 amide bonds. The number of aromatic nitrogens is 1. The van der Waals surface area contributed by atoms with E-state index in [9.17, 15) is 14.4 Å². The second kappa shape index (κ2) is 9.60. The Balaban J connectivity index is 1.42. The van der Waals surface area contributed by atoms with Gasteiger partial charge in [0.15, 0.2) is 23.7 Å². The Hall–Kier alpha value is -3.53. The zero-order valence-electron chi connectivity index (χ0n) is 15.3. The van der Waals surface area contributed by atoms with Crippen LogP contribution in [0.1, 0.15) is 10.4 Å². The minimum absolute atomic E-state index is 0.00887. The average molecular weight is 415 g/mol. The van der Waals surface area contributed by atoms with Gasteiger partial charge in [0, 0.05) is 5.56 Å². The molecule has 0 aliphatic heterocycles. The monoisotopic (exact) mass is 415 g/mol. The fraction of sp³-hybridized carbons (Fsp3) is 0.158. The summed E-state index contributed by atoms with van der Waals surface area (Å²) in [6.07, 6.45) is 0.674. The first-order valence-electron chi connectivity index (χ1n) is 8.41. The summed E-state index contributed by atoms with van der Waals surface area (Å²) < 4.78 is 16.0. The van der Waals surface area contributed by atoms with E-state index in [-0.39, 0.29) is 12.4 Å². The van der Waals surface area contributed by atoms with Gasteiger partial charge in [-0.1, -0.05) is 23.9 Å². The molecule has 0 radical (unpaired) electrons. The summed E-state index contributed by atoms with van der Waals surface area (Å²) in [5, 5.41) is 0.363. The molecule has 150 valence electrons. The maximum atomic E-state index is 11.9. The lowest BCUT2D eigenvalue weighted by Gasteiger charge is -2.11. The zero-order chi connectivity index (χ0) is 20.6. The number of hydrogen-bond acceptors (Lipinski definition) is 8. The number of carbonyl (C=O) groups excluding carboxylic acids is 3. The highest BCUT2D eigenvalue weighted by atomic mass is 32.2. The number of amides is 2. The summed E-state index contributed by atoms with van der Waals surface area (Å²) in [4.78, 5) is 38.7. The Morgan fingerprint density at radius 2 is 1.93 bits per heavy atom. The molecular weight excluding hydrogens is 398 g/mol. The van der Waals surface area contributed by atoms with Crippen molar-refractivity contribution in [3.05, 3.63) is 48.0 Å². The van der Waals surface area contributed by atoms with Gasteiger partial charge in [0.05, 0.1) is 12.9 Å². The summed E-state index contributed by atoms with van der Waals surface area (Å²) in [7, 11) is 1.42. The van der Waals surface area contributed by atoms with Crippen molar-refractivity contribution in [2.24, 2.45) is 0 Å². The Kier molecular flexibility index (Phi) is 6.69. The smallest absolute Gasteiger partial charge is 0.276 e. The largest absolute Gasteiger partial charge is 0.493 e. The van der Waals surface area contributed by atoms with Crippen molar-refractivity contribution < 1.29 is 28.3 Å². The summed E-state index contributed by atoms with van der Waals surface area (Å²) in [5.41, 5.74) is 6.30. The molecule has 9 nitrogen and oxygen atoms in total. The predicted molar refractivity (Wildman–Crippen MR) is 105 cm³/mol. The van der Waals surface area contributed by atoms with Crippen LogP contribution >= 0.6 is 11.8 Å². The lowest BCUT2D eigenvalue weighted by Crippen LogP contribution is -2.44. The standard InChI is InChI=1S/C19H17N3O6S/c1-26-16-8-12(9-23)6-7-15(16)27-10-17(24)21-22-18(25)11-29-19-20-13-4-2-3-5-14(13)28-19/h2-9H,10-11H2,1H3,(H,21,24)(H,22,25). The van der Waals surface area contributed by atoms with Crippen LogP contribution in [0.4, 0.5) is 0 Å².